The lowest BCUT2D eigenvalue weighted by atomic mass is 9.82. The summed E-state index contributed by atoms with van der Waals surface area (Å²) in [5, 5.41) is 8.86. The molecule has 0 spiro atoms. The lowest BCUT2D eigenvalue weighted by Gasteiger charge is -2.21. The number of furan rings is 2. The van der Waals surface area contributed by atoms with Gasteiger partial charge in [0.2, 0.25) is 5.95 Å². The van der Waals surface area contributed by atoms with E-state index in [0.717, 1.165) is 82.4 Å². The first kappa shape index (κ1) is 35.3. The van der Waals surface area contributed by atoms with Crippen LogP contribution >= 0.6 is 0 Å². The molecule has 4 aromatic heterocycles. The van der Waals surface area contributed by atoms with Crippen molar-refractivity contribution >= 4 is 76.5 Å². The van der Waals surface area contributed by atoms with Crippen LogP contribution in [0.1, 0.15) is 25.0 Å². The summed E-state index contributed by atoms with van der Waals surface area (Å²) in [6.45, 7) is 4.68. The molecule has 0 fully saturated rings. The van der Waals surface area contributed by atoms with Gasteiger partial charge >= 0.3 is 0 Å². The molecule has 0 saturated heterocycles. The Hall–Kier alpha value is -8.35. The number of fused-ring (bicyclic) bond motifs is 14. The van der Waals surface area contributed by atoms with Crippen molar-refractivity contribution in [3.8, 4) is 51.0 Å². The average Bonchev–Trinajstić information content (AvgIpc) is 4.07. The highest BCUT2D eigenvalue weighted by Crippen LogP contribution is 2.53. The van der Waals surface area contributed by atoms with Crippen LogP contribution in [0.15, 0.2) is 191 Å². The summed E-state index contributed by atoms with van der Waals surface area (Å²) in [6, 6.07) is 64.2. The van der Waals surface area contributed by atoms with Gasteiger partial charge in [-0.1, -0.05) is 153 Å². The normalized spacial score (nSPS) is 13.3. The molecule has 4 heterocycles. The maximum absolute atomic E-state index is 6.42. The lowest BCUT2D eigenvalue weighted by Crippen LogP contribution is -2.14. The molecule has 6 heteroatoms. The van der Waals surface area contributed by atoms with Gasteiger partial charge in [-0.3, -0.25) is 4.57 Å². The van der Waals surface area contributed by atoms with Crippen LogP contribution in [0.5, 0.6) is 0 Å². The summed E-state index contributed by atoms with van der Waals surface area (Å²) in [6.07, 6.45) is 0. The standard InChI is InChI=1S/C58H36N4O2/c1-58(2)45-21-8-5-17-43(45)52-41(18-12-22-46(52)58)42-19-11-20-44-53-36-14-4-3-13-33(36)27-30-47(53)62(54(42)44)57-60-55(34-25-28-39-37-15-6-9-23-48(37)63-50(39)31-34)59-56(61-57)35-26-29-40-38-16-7-10-24-49(38)64-51(40)32-35/h3-32H,1-2H3. The first-order valence-electron chi connectivity index (χ1n) is 21.8. The Labute approximate surface area is 366 Å². The minimum atomic E-state index is -0.154. The molecule has 64 heavy (non-hydrogen) atoms. The molecule has 9 aromatic carbocycles. The fraction of sp³-hybridized carbons (Fsp3) is 0.0517. The number of nitrogens with zero attached hydrogens (tertiary/aromatic N) is 4. The Morgan fingerprint density at radius 1 is 0.422 bits per heavy atom. The highest BCUT2D eigenvalue weighted by atomic mass is 16.3. The third-order valence-corrected chi connectivity index (χ3v) is 13.7. The Kier molecular flexibility index (Phi) is 7.08. The van der Waals surface area contributed by atoms with Crippen molar-refractivity contribution in [1.29, 1.82) is 0 Å². The van der Waals surface area contributed by atoms with E-state index in [1.54, 1.807) is 0 Å². The topological polar surface area (TPSA) is 69.9 Å². The lowest BCUT2D eigenvalue weighted by molar-refractivity contribution is 0.660. The van der Waals surface area contributed by atoms with E-state index in [1.807, 2.05) is 36.4 Å². The van der Waals surface area contributed by atoms with Gasteiger partial charge in [0, 0.05) is 54.4 Å². The molecule has 0 bridgehead atoms. The largest absolute Gasteiger partial charge is 0.456 e. The van der Waals surface area contributed by atoms with Crippen molar-refractivity contribution in [3.63, 3.8) is 0 Å². The van der Waals surface area contributed by atoms with Crippen LogP contribution in [-0.2, 0) is 5.41 Å². The summed E-state index contributed by atoms with van der Waals surface area (Å²) >= 11 is 0. The molecule has 300 valence electrons. The van der Waals surface area contributed by atoms with E-state index >= 15 is 0 Å². The van der Waals surface area contributed by atoms with Gasteiger partial charge in [-0.25, -0.2) is 4.98 Å². The van der Waals surface area contributed by atoms with Crippen LogP contribution < -0.4 is 0 Å². The minimum Gasteiger partial charge on any atom is -0.456 e. The fourth-order valence-corrected chi connectivity index (χ4v) is 10.7. The predicted octanol–water partition coefficient (Wildman–Crippen LogP) is 15.2. The van der Waals surface area contributed by atoms with Crippen LogP contribution in [0.3, 0.4) is 0 Å². The fourth-order valence-electron chi connectivity index (χ4n) is 10.7. The molecule has 6 nitrogen and oxygen atoms in total. The zero-order chi connectivity index (χ0) is 42.3. The monoisotopic (exact) mass is 820 g/mol. The van der Waals surface area contributed by atoms with E-state index in [-0.39, 0.29) is 5.41 Å². The summed E-state index contributed by atoms with van der Waals surface area (Å²) in [5.74, 6) is 1.60. The highest BCUT2D eigenvalue weighted by Gasteiger charge is 2.37. The van der Waals surface area contributed by atoms with E-state index in [9.17, 15) is 0 Å². The first-order chi connectivity index (χ1) is 31.5. The third-order valence-electron chi connectivity index (χ3n) is 13.7. The van der Waals surface area contributed by atoms with Gasteiger partial charge in [-0.05, 0) is 81.1 Å². The zero-order valence-electron chi connectivity index (χ0n) is 34.9. The number of rotatable bonds is 4. The van der Waals surface area contributed by atoms with Crippen LogP contribution in [0.25, 0.3) is 127 Å². The van der Waals surface area contributed by atoms with Crippen molar-refractivity contribution < 1.29 is 8.83 Å². The van der Waals surface area contributed by atoms with Crippen molar-refractivity contribution in [2.75, 3.05) is 0 Å². The first-order valence-corrected chi connectivity index (χ1v) is 21.8. The Morgan fingerprint density at radius 2 is 0.969 bits per heavy atom. The van der Waals surface area contributed by atoms with Crippen LogP contribution in [0.4, 0.5) is 0 Å². The quantitative estimate of drug-likeness (QED) is 0.177. The molecule has 0 amide bonds. The second kappa shape index (κ2) is 12.8. The van der Waals surface area contributed by atoms with E-state index in [4.69, 9.17) is 23.8 Å². The molecular weight excluding hydrogens is 785 g/mol. The van der Waals surface area contributed by atoms with E-state index in [1.165, 1.54) is 38.6 Å². The summed E-state index contributed by atoms with van der Waals surface area (Å²) < 4.78 is 15.1. The molecule has 13 aromatic rings. The number of aromatic nitrogens is 4. The maximum Gasteiger partial charge on any atom is 0.238 e. The molecule has 1 aliphatic rings. The number of hydrogen-bond donors (Lipinski definition) is 0. The van der Waals surface area contributed by atoms with Gasteiger partial charge in [-0.2, -0.15) is 9.97 Å². The smallest absolute Gasteiger partial charge is 0.238 e. The van der Waals surface area contributed by atoms with Gasteiger partial charge in [0.15, 0.2) is 11.6 Å². The zero-order valence-corrected chi connectivity index (χ0v) is 34.9. The second-order valence-corrected chi connectivity index (χ2v) is 17.5. The third kappa shape index (κ3) is 4.88. The van der Waals surface area contributed by atoms with Gasteiger partial charge in [0.1, 0.15) is 22.3 Å². The van der Waals surface area contributed by atoms with Gasteiger partial charge in [0.25, 0.3) is 0 Å². The molecule has 0 radical (unpaired) electrons. The van der Waals surface area contributed by atoms with Crippen molar-refractivity contribution in [1.82, 2.24) is 19.5 Å². The Balaban J connectivity index is 1.09. The number of benzene rings is 9. The molecule has 1 aliphatic carbocycles. The summed E-state index contributed by atoms with van der Waals surface area (Å²) in [5.41, 5.74) is 14.3. The molecule has 14 rings (SSSR count). The van der Waals surface area contributed by atoms with Crippen molar-refractivity contribution in [2.24, 2.45) is 0 Å². The summed E-state index contributed by atoms with van der Waals surface area (Å²) in [7, 11) is 0. The van der Waals surface area contributed by atoms with Gasteiger partial charge in [0.05, 0.1) is 11.0 Å². The van der Waals surface area contributed by atoms with E-state index in [2.05, 4.69) is 164 Å². The molecule has 0 aliphatic heterocycles. The Morgan fingerprint density at radius 3 is 1.69 bits per heavy atom. The maximum atomic E-state index is 6.42. The number of para-hydroxylation sites is 3. The van der Waals surface area contributed by atoms with Crippen molar-refractivity contribution in [3.05, 3.63) is 193 Å². The SMILES string of the molecule is CC1(C)c2ccccc2-c2c(-c3cccc4c5c6ccccc6ccc5n(-c5nc(-c6ccc7c(c6)oc6ccccc67)nc(-c6ccc7c(c6)oc6ccccc67)n5)c34)cccc21. The van der Waals surface area contributed by atoms with Gasteiger partial charge < -0.3 is 8.83 Å². The molecule has 0 saturated carbocycles. The molecular formula is C58H36N4O2. The average molecular weight is 821 g/mol. The van der Waals surface area contributed by atoms with Crippen molar-refractivity contribution in [2.45, 2.75) is 19.3 Å². The predicted molar refractivity (Wildman–Crippen MR) is 260 cm³/mol. The van der Waals surface area contributed by atoms with Crippen LogP contribution in [0, 0.1) is 0 Å². The van der Waals surface area contributed by atoms with Gasteiger partial charge in [-0.15, -0.1) is 0 Å². The Bertz CT molecular complexity index is 4000. The van der Waals surface area contributed by atoms with Crippen LogP contribution in [0.2, 0.25) is 0 Å². The second-order valence-electron chi connectivity index (χ2n) is 17.5. The summed E-state index contributed by atoms with van der Waals surface area (Å²) in [4.78, 5) is 16.2. The highest BCUT2D eigenvalue weighted by molar-refractivity contribution is 6.24. The van der Waals surface area contributed by atoms with Crippen LogP contribution in [-0.4, -0.2) is 19.5 Å². The van der Waals surface area contributed by atoms with E-state index < -0.39 is 0 Å². The number of hydrogen-bond acceptors (Lipinski definition) is 5. The molecule has 0 atom stereocenters. The molecule has 0 N–H and O–H groups in total. The minimum absolute atomic E-state index is 0.154. The molecule has 0 unspecified atom stereocenters. The van der Waals surface area contributed by atoms with E-state index in [0.29, 0.717) is 17.6 Å².